The highest BCUT2D eigenvalue weighted by Crippen LogP contribution is 2.34. The van der Waals surface area contributed by atoms with Gasteiger partial charge in [-0.25, -0.2) is 4.79 Å². The highest BCUT2D eigenvalue weighted by molar-refractivity contribution is 5.90. The molecule has 1 aliphatic rings. The normalized spacial score (nSPS) is 12.7. The van der Waals surface area contributed by atoms with E-state index in [-0.39, 0.29) is 12.4 Å². The maximum Gasteiger partial charge on any atom is 0.354 e. The molecule has 0 bridgehead atoms. The molecule has 0 radical (unpaired) electrons. The van der Waals surface area contributed by atoms with Crippen molar-refractivity contribution in [2.75, 3.05) is 19.6 Å². The Hall–Kier alpha value is -1.92. The van der Waals surface area contributed by atoms with E-state index in [9.17, 15) is 9.90 Å². The molecule has 0 saturated heterocycles. The van der Waals surface area contributed by atoms with Crippen molar-refractivity contribution in [3.63, 3.8) is 0 Å². The lowest BCUT2D eigenvalue weighted by atomic mass is 9.90. The second-order valence-corrected chi connectivity index (χ2v) is 9.57. The van der Waals surface area contributed by atoms with Crippen molar-refractivity contribution in [1.29, 1.82) is 0 Å². The molecule has 0 saturated carbocycles. The monoisotopic (exact) mass is 490 g/mol. The highest BCUT2D eigenvalue weighted by atomic mass is 35.5. The Morgan fingerprint density at radius 1 is 1.06 bits per heavy atom. The SMILES string of the molecule is CCC(CC)CN(CCCCn1nc2c(c1C(=O)O)CCc1cnccc1-2)CC(CC)CC.Cl. The predicted octanol–water partition coefficient (Wildman–Crippen LogP) is 6.12. The first-order valence-corrected chi connectivity index (χ1v) is 13.0. The van der Waals surface area contributed by atoms with Gasteiger partial charge in [0, 0.05) is 43.2 Å². The molecular weight excluding hydrogens is 448 g/mol. The topological polar surface area (TPSA) is 71.2 Å². The molecule has 1 N–H and O–H groups in total. The number of halogens is 1. The molecule has 2 aromatic rings. The summed E-state index contributed by atoms with van der Waals surface area (Å²) in [6.07, 6.45) is 12.1. The Labute approximate surface area is 211 Å². The smallest absolute Gasteiger partial charge is 0.354 e. The van der Waals surface area contributed by atoms with Crippen LogP contribution in [-0.2, 0) is 19.4 Å². The molecule has 34 heavy (non-hydrogen) atoms. The zero-order valence-electron chi connectivity index (χ0n) is 21.4. The van der Waals surface area contributed by atoms with Gasteiger partial charge in [-0.3, -0.25) is 9.67 Å². The Bertz CT molecular complexity index is 892. The van der Waals surface area contributed by atoms with Crippen LogP contribution in [0.5, 0.6) is 0 Å². The quantitative estimate of drug-likeness (QED) is 0.323. The molecule has 2 aromatic heterocycles. The number of unbranched alkanes of at least 4 members (excludes halogenated alkanes) is 1. The molecule has 0 aliphatic heterocycles. The van der Waals surface area contributed by atoms with Crippen LogP contribution in [0.3, 0.4) is 0 Å². The molecule has 7 heteroatoms. The van der Waals surface area contributed by atoms with E-state index in [2.05, 4.69) is 37.6 Å². The molecule has 0 unspecified atom stereocenters. The first-order chi connectivity index (χ1) is 16.0. The number of pyridine rings is 1. The number of aromatic nitrogens is 3. The minimum atomic E-state index is -0.870. The fraction of sp³-hybridized carbons (Fsp3) is 0.667. The maximum atomic E-state index is 12.1. The molecule has 3 rings (SSSR count). The van der Waals surface area contributed by atoms with Crippen molar-refractivity contribution in [3.05, 3.63) is 35.3 Å². The van der Waals surface area contributed by atoms with Gasteiger partial charge in [0.2, 0.25) is 0 Å². The second-order valence-electron chi connectivity index (χ2n) is 9.57. The highest BCUT2D eigenvalue weighted by Gasteiger charge is 2.28. The second kappa shape index (κ2) is 13.8. The van der Waals surface area contributed by atoms with Gasteiger partial charge in [-0.1, -0.05) is 53.4 Å². The Morgan fingerprint density at radius 3 is 2.29 bits per heavy atom. The van der Waals surface area contributed by atoms with Gasteiger partial charge in [-0.15, -0.1) is 12.4 Å². The van der Waals surface area contributed by atoms with Crippen molar-refractivity contribution >= 4 is 18.4 Å². The summed E-state index contributed by atoms with van der Waals surface area (Å²) in [7, 11) is 0. The largest absolute Gasteiger partial charge is 0.477 e. The zero-order valence-corrected chi connectivity index (χ0v) is 22.2. The molecule has 2 heterocycles. The van der Waals surface area contributed by atoms with Gasteiger partial charge >= 0.3 is 5.97 Å². The number of aromatic carboxylic acids is 1. The lowest BCUT2D eigenvalue weighted by Crippen LogP contribution is -2.34. The Kier molecular flexibility index (Phi) is 11.5. The minimum Gasteiger partial charge on any atom is -0.477 e. The lowest BCUT2D eigenvalue weighted by molar-refractivity contribution is 0.0681. The van der Waals surface area contributed by atoms with Crippen molar-refractivity contribution < 1.29 is 9.90 Å². The van der Waals surface area contributed by atoms with Crippen LogP contribution in [0, 0.1) is 11.8 Å². The number of carboxylic acid groups (broad SMARTS) is 1. The fourth-order valence-corrected chi connectivity index (χ4v) is 5.15. The summed E-state index contributed by atoms with van der Waals surface area (Å²) < 4.78 is 1.74. The first-order valence-electron chi connectivity index (χ1n) is 13.0. The number of hydrogen-bond acceptors (Lipinski definition) is 4. The third-order valence-electron chi connectivity index (χ3n) is 7.49. The third-order valence-corrected chi connectivity index (χ3v) is 7.49. The van der Waals surface area contributed by atoms with Gasteiger partial charge in [-0.2, -0.15) is 5.10 Å². The van der Waals surface area contributed by atoms with E-state index in [0.29, 0.717) is 18.7 Å². The molecule has 1 aliphatic carbocycles. The molecule has 0 amide bonds. The number of fused-ring (bicyclic) bond motifs is 3. The van der Waals surface area contributed by atoms with E-state index >= 15 is 0 Å². The van der Waals surface area contributed by atoms with Crippen molar-refractivity contribution in [1.82, 2.24) is 19.7 Å². The van der Waals surface area contributed by atoms with E-state index in [0.717, 1.165) is 60.0 Å². The third kappa shape index (κ3) is 6.82. The summed E-state index contributed by atoms with van der Waals surface area (Å²) in [5.41, 5.74) is 4.28. The number of nitrogens with zero attached hydrogens (tertiary/aromatic N) is 4. The van der Waals surface area contributed by atoms with Crippen LogP contribution in [0.15, 0.2) is 18.5 Å². The van der Waals surface area contributed by atoms with Gasteiger partial charge in [0.25, 0.3) is 0 Å². The molecule has 0 aromatic carbocycles. The Balaban J connectivity index is 0.00000408. The van der Waals surface area contributed by atoms with Crippen LogP contribution in [0.1, 0.15) is 87.8 Å². The first kappa shape index (κ1) is 28.3. The van der Waals surface area contributed by atoms with E-state index in [4.69, 9.17) is 5.10 Å². The summed E-state index contributed by atoms with van der Waals surface area (Å²) in [6, 6.07) is 1.96. The van der Waals surface area contributed by atoms with Gasteiger partial charge < -0.3 is 10.0 Å². The van der Waals surface area contributed by atoms with Gasteiger partial charge in [-0.05, 0) is 55.7 Å². The summed E-state index contributed by atoms with van der Waals surface area (Å²) in [5, 5.41) is 14.7. The average Bonchev–Trinajstić information content (AvgIpc) is 3.22. The van der Waals surface area contributed by atoms with Crippen molar-refractivity contribution in [3.8, 4) is 11.3 Å². The van der Waals surface area contributed by atoms with Crippen LogP contribution in [0.2, 0.25) is 0 Å². The van der Waals surface area contributed by atoms with Crippen LogP contribution in [-0.4, -0.2) is 50.4 Å². The number of aryl methyl sites for hydroxylation is 2. The van der Waals surface area contributed by atoms with Crippen LogP contribution >= 0.6 is 12.4 Å². The Morgan fingerprint density at radius 2 is 1.71 bits per heavy atom. The molecule has 6 nitrogen and oxygen atoms in total. The molecular formula is C27H43ClN4O2. The van der Waals surface area contributed by atoms with Crippen molar-refractivity contribution in [2.24, 2.45) is 11.8 Å². The zero-order chi connectivity index (χ0) is 23.8. The predicted molar refractivity (Wildman–Crippen MR) is 141 cm³/mol. The van der Waals surface area contributed by atoms with Crippen LogP contribution in [0.4, 0.5) is 0 Å². The van der Waals surface area contributed by atoms with Crippen molar-refractivity contribution in [2.45, 2.75) is 85.6 Å². The molecule has 190 valence electrons. The molecule has 0 spiro atoms. The van der Waals surface area contributed by atoms with Gasteiger partial charge in [0.15, 0.2) is 0 Å². The summed E-state index contributed by atoms with van der Waals surface area (Å²) >= 11 is 0. The minimum absolute atomic E-state index is 0. The fourth-order valence-electron chi connectivity index (χ4n) is 5.15. The summed E-state index contributed by atoms with van der Waals surface area (Å²) in [4.78, 5) is 19.0. The summed E-state index contributed by atoms with van der Waals surface area (Å²) in [5.74, 6) is 0.640. The van der Waals surface area contributed by atoms with Gasteiger partial charge in [0.1, 0.15) is 5.69 Å². The van der Waals surface area contributed by atoms with Gasteiger partial charge in [0.05, 0.1) is 5.69 Å². The standard InChI is InChI=1S/C27H42N4O2.ClH/c1-5-20(6-2)18-30(19-21(7-3)8-4)15-9-10-16-31-26(27(32)33)24-12-11-22-17-28-14-13-23(22)25(24)29-31;/h13-14,17,20-21H,5-12,15-16,18-19H2,1-4H3,(H,32,33);1H. The van der Waals surface area contributed by atoms with E-state index in [1.165, 1.54) is 38.8 Å². The number of carbonyl (C=O) groups is 1. The van der Waals surface area contributed by atoms with Crippen LogP contribution in [0.25, 0.3) is 11.3 Å². The molecule has 0 atom stereocenters. The number of hydrogen-bond donors (Lipinski definition) is 1. The maximum absolute atomic E-state index is 12.1. The van der Waals surface area contributed by atoms with E-state index < -0.39 is 5.97 Å². The van der Waals surface area contributed by atoms with E-state index in [1.54, 1.807) is 10.9 Å². The van der Waals surface area contributed by atoms with Crippen LogP contribution < -0.4 is 0 Å². The average molecular weight is 491 g/mol. The van der Waals surface area contributed by atoms with E-state index in [1.807, 2.05) is 12.3 Å². The summed E-state index contributed by atoms with van der Waals surface area (Å²) in [6.45, 7) is 13.3. The lowest BCUT2D eigenvalue weighted by Gasteiger charge is -2.29. The molecule has 0 fully saturated rings. The number of carboxylic acids is 1. The number of rotatable bonds is 14.